The Morgan fingerprint density at radius 3 is 2.95 bits per heavy atom. The lowest BCUT2D eigenvalue weighted by molar-refractivity contribution is -0.129. The number of likely N-dealkylation sites (tertiary alicyclic amines) is 1. The number of amides is 1. The van der Waals surface area contributed by atoms with Gasteiger partial charge in [0.05, 0.1) is 29.8 Å². The van der Waals surface area contributed by atoms with E-state index in [9.17, 15) is 4.79 Å². The SMILES string of the molecule is CC(=O)N1CCC[C@@H]1c1cnc(-c2ccn[nH]2)cn1. The second kappa shape index (κ2) is 4.79. The predicted molar refractivity (Wildman–Crippen MR) is 69.0 cm³/mol. The normalized spacial score (nSPS) is 18.8. The molecule has 0 bridgehead atoms. The first kappa shape index (κ1) is 11.8. The lowest BCUT2D eigenvalue weighted by Gasteiger charge is -2.22. The number of hydrogen-bond donors (Lipinski definition) is 1. The predicted octanol–water partition coefficient (Wildman–Crippen LogP) is 1.55. The summed E-state index contributed by atoms with van der Waals surface area (Å²) in [7, 11) is 0. The molecule has 0 aliphatic carbocycles. The Morgan fingerprint density at radius 2 is 2.32 bits per heavy atom. The molecule has 1 N–H and O–H groups in total. The molecule has 0 aromatic carbocycles. The highest BCUT2D eigenvalue weighted by Gasteiger charge is 2.29. The van der Waals surface area contributed by atoms with Crippen molar-refractivity contribution in [2.24, 2.45) is 0 Å². The minimum Gasteiger partial charge on any atom is -0.334 e. The van der Waals surface area contributed by atoms with Gasteiger partial charge in [-0.3, -0.25) is 19.9 Å². The quantitative estimate of drug-likeness (QED) is 0.885. The van der Waals surface area contributed by atoms with Crippen molar-refractivity contribution in [2.45, 2.75) is 25.8 Å². The van der Waals surface area contributed by atoms with Crippen molar-refractivity contribution < 1.29 is 4.79 Å². The Bertz CT molecular complexity index is 563. The van der Waals surface area contributed by atoms with Crippen molar-refractivity contribution in [3.05, 3.63) is 30.4 Å². The van der Waals surface area contributed by atoms with Gasteiger partial charge in [-0.2, -0.15) is 5.10 Å². The minimum absolute atomic E-state index is 0.0702. The van der Waals surface area contributed by atoms with Gasteiger partial charge in [-0.1, -0.05) is 0 Å². The number of aromatic nitrogens is 4. The van der Waals surface area contributed by atoms with Crippen LogP contribution < -0.4 is 0 Å². The first-order chi connectivity index (χ1) is 9.25. The van der Waals surface area contributed by atoms with Gasteiger partial charge in [-0.05, 0) is 18.9 Å². The number of nitrogens with zero attached hydrogens (tertiary/aromatic N) is 4. The van der Waals surface area contributed by atoms with Crippen LogP contribution in [0.3, 0.4) is 0 Å². The molecule has 0 spiro atoms. The van der Waals surface area contributed by atoms with Crippen LogP contribution in [0.15, 0.2) is 24.7 Å². The monoisotopic (exact) mass is 257 g/mol. The summed E-state index contributed by atoms with van der Waals surface area (Å²) in [6, 6.07) is 1.92. The maximum atomic E-state index is 11.5. The first-order valence-electron chi connectivity index (χ1n) is 6.34. The average molecular weight is 257 g/mol. The Kier molecular flexibility index (Phi) is 2.98. The van der Waals surface area contributed by atoms with Crippen LogP contribution in [0.25, 0.3) is 11.4 Å². The second-order valence-electron chi connectivity index (χ2n) is 4.67. The highest BCUT2D eigenvalue weighted by atomic mass is 16.2. The summed E-state index contributed by atoms with van der Waals surface area (Å²) in [5, 5.41) is 6.74. The van der Waals surface area contributed by atoms with Crippen LogP contribution in [0, 0.1) is 0 Å². The van der Waals surface area contributed by atoms with Gasteiger partial charge in [0.25, 0.3) is 0 Å². The van der Waals surface area contributed by atoms with Crippen molar-refractivity contribution in [2.75, 3.05) is 6.54 Å². The Morgan fingerprint density at radius 1 is 1.42 bits per heavy atom. The smallest absolute Gasteiger partial charge is 0.220 e. The number of H-pyrrole nitrogens is 1. The van der Waals surface area contributed by atoms with Gasteiger partial charge in [-0.15, -0.1) is 0 Å². The van der Waals surface area contributed by atoms with E-state index in [2.05, 4.69) is 20.2 Å². The van der Waals surface area contributed by atoms with Crippen LogP contribution in [-0.2, 0) is 4.79 Å². The molecule has 1 aliphatic heterocycles. The molecule has 3 rings (SSSR count). The standard InChI is InChI=1S/C13H15N5O/c1-9(19)18-6-2-3-13(18)12-8-14-11(7-15-12)10-4-5-16-17-10/h4-5,7-8,13H,2-3,6H2,1H3,(H,16,17)/t13-/m1/s1. The third-order valence-electron chi connectivity index (χ3n) is 3.45. The van der Waals surface area contributed by atoms with E-state index < -0.39 is 0 Å². The van der Waals surface area contributed by atoms with Crippen molar-refractivity contribution in [3.63, 3.8) is 0 Å². The third kappa shape index (κ3) is 2.21. The summed E-state index contributed by atoms with van der Waals surface area (Å²) >= 11 is 0. The highest BCUT2D eigenvalue weighted by Crippen LogP contribution is 2.30. The van der Waals surface area contributed by atoms with E-state index in [1.165, 1.54) is 0 Å². The van der Waals surface area contributed by atoms with Crippen LogP contribution in [-0.4, -0.2) is 37.5 Å². The van der Waals surface area contributed by atoms with Crippen molar-refractivity contribution >= 4 is 5.91 Å². The van der Waals surface area contributed by atoms with Gasteiger partial charge < -0.3 is 4.90 Å². The summed E-state index contributed by atoms with van der Waals surface area (Å²) in [4.78, 5) is 22.2. The molecule has 1 saturated heterocycles. The van der Waals surface area contributed by atoms with Crippen LogP contribution >= 0.6 is 0 Å². The Labute approximate surface area is 110 Å². The van der Waals surface area contributed by atoms with Gasteiger partial charge in [0, 0.05) is 19.7 Å². The zero-order valence-corrected chi connectivity index (χ0v) is 10.7. The van der Waals surface area contributed by atoms with Crippen LogP contribution in [0.5, 0.6) is 0 Å². The summed E-state index contributed by atoms with van der Waals surface area (Å²) in [5.41, 5.74) is 2.46. The van der Waals surface area contributed by atoms with Gasteiger partial charge in [0.15, 0.2) is 0 Å². The topological polar surface area (TPSA) is 74.8 Å². The average Bonchev–Trinajstić information content (AvgIpc) is 3.10. The van der Waals surface area contributed by atoms with E-state index in [4.69, 9.17) is 0 Å². The number of carbonyl (C=O) groups is 1. The van der Waals surface area contributed by atoms with E-state index in [-0.39, 0.29) is 11.9 Å². The molecule has 98 valence electrons. The number of carbonyl (C=O) groups excluding carboxylic acids is 1. The lowest BCUT2D eigenvalue weighted by Crippen LogP contribution is -2.28. The van der Waals surface area contributed by atoms with E-state index in [1.54, 1.807) is 25.5 Å². The minimum atomic E-state index is 0.0702. The van der Waals surface area contributed by atoms with Gasteiger partial charge >= 0.3 is 0 Å². The first-order valence-corrected chi connectivity index (χ1v) is 6.34. The second-order valence-corrected chi connectivity index (χ2v) is 4.67. The number of aromatic amines is 1. The van der Waals surface area contributed by atoms with Crippen molar-refractivity contribution in [3.8, 4) is 11.4 Å². The number of hydrogen-bond acceptors (Lipinski definition) is 4. The fourth-order valence-corrected chi connectivity index (χ4v) is 2.50. The van der Waals surface area contributed by atoms with Crippen LogP contribution in [0.2, 0.25) is 0 Å². The number of rotatable bonds is 2. The molecule has 0 radical (unpaired) electrons. The molecule has 1 amide bonds. The molecule has 2 aromatic rings. The fraction of sp³-hybridized carbons (Fsp3) is 0.385. The molecule has 19 heavy (non-hydrogen) atoms. The van der Waals surface area contributed by atoms with E-state index in [0.29, 0.717) is 0 Å². The molecule has 0 saturated carbocycles. The summed E-state index contributed by atoms with van der Waals surface area (Å²) < 4.78 is 0. The largest absolute Gasteiger partial charge is 0.334 e. The molecule has 1 atom stereocenters. The molecular weight excluding hydrogens is 242 g/mol. The van der Waals surface area contributed by atoms with Crippen molar-refractivity contribution in [1.82, 2.24) is 25.1 Å². The highest BCUT2D eigenvalue weighted by molar-refractivity contribution is 5.74. The number of nitrogens with one attached hydrogen (secondary N) is 1. The fourth-order valence-electron chi connectivity index (χ4n) is 2.50. The van der Waals surface area contributed by atoms with Gasteiger partial charge in [0.2, 0.25) is 5.91 Å². The molecule has 1 fully saturated rings. The maximum absolute atomic E-state index is 11.5. The zero-order chi connectivity index (χ0) is 13.2. The van der Waals surface area contributed by atoms with Crippen LogP contribution in [0.4, 0.5) is 0 Å². The van der Waals surface area contributed by atoms with E-state index >= 15 is 0 Å². The molecule has 6 nitrogen and oxygen atoms in total. The van der Waals surface area contributed by atoms with E-state index in [1.807, 2.05) is 11.0 Å². The maximum Gasteiger partial charge on any atom is 0.220 e. The van der Waals surface area contributed by atoms with Crippen molar-refractivity contribution in [1.29, 1.82) is 0 Å². The molecule has 3 heterocycles. The molecular formula is C13H15N5O. The summed E-state index contributed by atoms with van der Waals surface area (Å²) in [6.45, 7) is 2.41. The van der Waals surface area contributed by atoms with Gasteiger partial charge in [-0.25, -0.2) is 0 Å². The Balaban J connectivity index is 1.84. The molecule has 1 aliphatic rings. The summed E-state index contributed by atoms with van der Waals surface area (Å²) in [6.07, 6.45) is 7.13. The Hall–Kier alpha value is -2.24. The third-order valence-corrected chi connectivity index (χ3v) is 3.45. The molecule has 6 heteroatoms. The molecule has 0 unspecified atom stereocenters. The summed E-state index contributed by atoms with van der Waals surface area (Å²) in [5.74, 6) is 0.0990. The molecule has 2 aromatic heterocycles. The van der Waals surface area contributed by atoms with Crippen LogP contribution in [0.1, 0.15) is 31.5 Å². The zero-order valence-electron chi connectivity index (χ0n) is 10.7. The lowest BCUT2D eigenvalue weighted by atomic mass is 10.1. The van der Waals surface area contributed by atoms with E-state index in [0.717, 1.165) is 36.5 Å². The van der Waals surface area contributed by atoms with Gasteiger partial charge in [0.1, 0.15) is 5.69 Å².